The van der Waals surface area contributed by atoms with Crippen LogP contribution in [0.15, 0.2) is 16.6 Å². The van der Waals surface area contributed by atoms with Gasteiger partial charge in [0.1, 0.15) is 18.5 Å². The first-order chi connectivity index (χ1) is 7.04. The summed E-state index contributed by atoms with van der Waals surface area (Å²) in [5.41, 5.74) is 5.14. The highest BCUT2D eigenvalue weighted by atomic mass is 79.9. The van der Waals surface area contributed by atoms with Gasteiger partial charge in [-0.05, 0) is 22.0 Å². The van der Waals surface area contributed by atoms with Crippen LogP contribution in [0.4, 0.5) is 8.78 Å². The first-order valence-electron chi connectivity index (χ1n) is 4.20. The van der Waals surface area contributed by atoms with Gasteiger partial charge in [0.15, 0.2) is 11.6 Å². The molecule has 0 amide bonds. The van der Waals surface area contributed by atoms with Gasteiger partial charge in [-0.1, -0.05) is 0 Å². The molecular formula is C9H10BrF2NO2. The van der Waals surface area contributed by atoms with Gasteiger partial charge in [0.2, 0.25) is 0 Å². The van der Waals surface area contributed by atoms with Gasteiger partial charge in [-0.25, -0.2) is 8.78 Å². The maximum atomic E-state index is 13.2. The van der Waals surface area contributed by atoms with E-state index in [1.807, 2.05) is 0 Å². The third-order valence-electron chi connectivity index (χ3n) is 1.66. The highest BCUT2D eigenvalue weighted by Gasteiger charge is 2.12. The number of aliphatic hydroxyl groups is 1. The standard InChI is InChI=1S/C9H10BrF2NO2/c10-7-1-5(11)2-8(12)9(7)15-4-6(14)3-13/h1-2,6,14H,3-4,13H2/t6-/m1/s1. The summed E-state index contributed by atoms with van der Waals surface area (Å²) < 4.78 is 30.9. The monoisotopic (exact) mass is 281 g/mol. The number of hydrogen-bond donors (Lipinski definition) is 2. The van der Waals surface area contributed by atoms with Crippen molar-refractivity contribution in [3.63, 3.8) is 0 Å². The van der Waals surface area contributed by atoms with Crippen molar-refractivity contribution in [2.45, 2.75) is 6.10 Å². The average Bonchev–Trinajstić information content (AvgIpc) is 2.15. The number of rotatable bonds is 4. The zero-order chi connectivity index (χ0) is 11.4. The maximum Gasteiger partial charge on any atom is 0.169 e. The van der Waals surface area contributed by atoms with Gasteiger partial charge < -0.3 is 15.6 Å². The van der Waals surface area contributed by atoms with E-state index in [2.05, 4.69) is 15.9 Å². The van der Waals surface area contributed by atoms with E-state index < -0.39 is 17.7 Å². The molecule has 1 rings (SSSR count). The highest BCUT2D eigenvalue weighted by molar-refractivity contribution is 9.10. The van der Waals surface area contributed by atoms with Crippen LogP contribution in [0.2, 0.25) is 0 Å². The van der Waals surface area contributed by atoms with Crippen molar-refractivity contribution in [1.82, 2.24) is 0 Å². The van der Waals surface area contributed by atoms with Crippen LogP contribution in [0.1, 0.15) is 0 Å². The fourth-order valence-corrected chi connectivity index (χ4v) is 1.44. The second kappa shape index (κ2) is 5.39. The molecule has 1 aromatic rings. The molecule has 0 saturated heterocycles. The Morgan fingerprint density at radius 1 is 1.47 bits per heavy atom. The van der Waals surface area contributed by atoms with Crippen molar-refractivity contribution in [2.75, 3.05) is 13.2 Å². The lowest BCUT2D eigenvalue weighted by Gasteiger charge is -2.12. The molecule has 0 aliphatic rings. The first kappa shape index (κ1) is 12.4. The van der Waals surface area contributed by atoms with E-state index >= 15 is 0 Å². The first-order valence-corrected chi connectivity index (χ1v) is 4.99. The summed E-state index contributed by atoms with van der Waals surface area (Å²) in [6.45, 7) is -0.127. The molecule has 0 bridgehead atoms. The summed E-state index contributed by atoms with van der Waals surface area (Å²) in [5.74, 6) is -1.67. The van der Waals surface area contributed by atoms with Crippen molar-refractivity contribution < 1.29 is 18.6 Å². The van der Waals surface area contributed by atoms with Gasteiger partial charge >= 0.3 is 0 Å². The summed E-state index contributed by atoms with van der Waals surface area (Å²) in [6.07, 6.45) is -0.874. The Balaban J connectivity index is 2.77. The van der Waals surface area contributed by atoms with Gasteiger partial charge in [-0.15, -0.1) is 0 Å². The highest BCUT2D eigenvalue weighted by Crippen LogP contribution is 2.29. The van der Waals surface area contributed by atoms with Gasteiger partial charge in [0.05, 0.1) is 4.47 Å². The molecule has 0 unspecified atom stereocenters. The third kappa shape index (κ3) is 3.40. The number of hydrogen-bond acceptors (Lipinski definition) is 3. The van der Waals surface area contributed by atoms with Crippen LogP contribution in [0.25, 0.3) is 0 Å². The predicted molar refractivity (Wildman–Crippen MR) is 54.6 cm³/mol. The fourth-order valence-electron chi connectivity index (χ4n) is 0.914. The lowest BCUT2D eigenvalue weighted by Crippen LogP contribution is -2.26. The number of halogens is 3. The average molecular weight is 282 g/mol. The van der Waals surface area contributed by atoms with E-state index in [9.17, 15) is 8.78 Å². The second-order valence-electron chi connectivity index (χ2n) is 2.90. The van der Waals surface area contributed by atoms with Gasteiger partial charge in [-0.3, -0.25) is 0 Å². The Morgan fingerprint density at radius 3 is 2.67 bits per heavy atom. The predicted octanol–water partition coefficient (Wildman–Crippen LogP) is 1.43. The minimum atomic E-state index is -0.874. The molecule has 0 aromatic heterocycles. The summed E-state index contributed by atoms with van der Waals surface area (Å²) in [7, 11) is 0. The number of benzene rings is 1. The Kier molecular flexibility index (Phi) is 4.44. The molecule has 1 atom stereocenters. The zero-order valence-electron chi connectivity index (χ0n) is 7.71. The molecule has 1 aromatic carbocycles. The lowest BCUT2D eigenvalue weighted by molar-refractivity contribution is 0.111. The number of ether oxygens (including phenoxy) is 1. The molecule has 3 N–H and O–H groups in total. The van der Waals surface area contributed by atoms with E-state index in [0.717, 1.165) is 6.07 Å². The Labute approximate surface area is 94.0 Å². The van der Waals surface area contributed by atoms with Crippen molar-refractivity contribution in [3.05, 3.63) is 28.2 Å². The third-order valence-corrected chi connectivity index (χ3v) is 2.24. The molecule has 15 heavy (non-hydrogen) atoms. The van der Waals surface area contributed by atoms with Gasteiger partial charge in [0, 0.05) is 12.6 Å². The van der Waals surface area contributed by atoms with E-state index in [1.165, 1.54) is 0 Å². The van der Waals surface area contributed by atoms with Crippen LogP contribution in [0.5, 0.6) is 5.75 Å². The minimum Gasteiger partial charge on any atom is -0.487 e. The Hall–Kier alpha value is -0.720. The summed E-state index contributed by atoms with van der Waals surface area (Å²) in [4.78, 5) is 0. The van der Waals surface area contributed by atoms with Gasteiger partial charge in [-0.2, -0.15) is 0 Å². The van der Waals surface area contributed by atoms with Crippen LogP contribution in [0, 0.1) is 11.6 Å². The number of aliphatic hydroxyl groups excluding tert-OH is 1. The van der Waals surface area contributed by atoms with E-state index in [-0.39, 0.29) is 23.4 Å². The molecule has 0 fully saturated rings. The van der Waals surface area contributed by atoms with E-state index in [0.29, 0.717) is 6.07 Å². The maximum absolute atomic E-state index is 13.2. The van der Waals surface area contributed by atoms with Crippen LogP contribution >= 0.6 is 15.9 Å². The van der Waals surface area contributed by atoms with Crippen molar-refractivity contribution in [1.29, 1.82) is 0 Å². The smallest absolute Gasteiger partial charge is 0.169 e. The summed E-state index contributed by atoms with van der Waals surface area (Å²) in [5, 5.41) is 9.09. The second-order valence-corrected chi connectivity index (χ2v) is 3.75. The van der Waals surface area contributed by atoms with E-state index in [1.54, 1.807) is 0 Å². The Morgan fingerprint density at radius 2 is 2.13 bits per heavy atom. The molecule has 0 aliphatic carbocycles. The molecule has 0 saturated carbocycles. The molecular weight excluding hydrogens is 272 g/mol. The molecule has 0 aliphatic heterocycles. The number of nitrogens with two attached hydrogens (primary N) is 1. The van der Waals surface area contributed by atoms with Crippen LogP contribution in [-0.4, -0.2) is 24.4 Å². The van der Waals surface area contributed by atoms with Crippen molar-refractivity contribution >= 4 is 15.9 Å². The minimum absolute atomic E-state index is 0.0143. The fraction of sp³-hybridized carbons (Fsp3) is 0.333. The lowest BCUT2D eigenvalue weighted by atomic mass is 10.3. The molecule has 0 spiro atoms. The van der Waals surface area contributed by atoms with Crippen LogP contribution in [0.3, 0.4) is 0 Å². The summed E-state index contributed by atoms with van der Waals surface area (Å²) >= 11 is 2.95. The topological polar surface area (TPSA) is 55.5 Å². The normalized spacial score (nSPS) is 12.6. The van der Waals surface area contributed by atoms with Gasteiger partial charge in [0.25, 0.3) is 0 Å². The Bertz CT molecular complexity index is 326. The zero-order valence-corrected chi connectivity index (χ0v) is 9.30. The van der Waals surface area contributed by atoms with E-state index in [4.69, 9.17) is 15.6 Å². The van der Waals surface area contributed by atoms with Crippen molar-refractivity contribution in [2.24, 2.45) is 5.73 Å². The molecule has 3 nitrogen and oxygen atoms in total. The van der Waals surface area contributed by atoms with Crippen LogP contribution < -0.4 is 10.5 Å². The molecule has 6 heteroatoms. The summed E-state index contributed by atoms with van der Waals surface area (Å²) in [6, 6.07) is 1.78. The molecule has 84 valence electrons. The largest absolute Gasteiger partial charge is 0.487 e. The molecule has 0 radical (unpaired) electrons. The quantitative estimate of drug-likeness (QED) is 0.878. The van der Waals surface area contributed by atoms with Crippen molar-refractivity contribution in [3.8, 4) is 5.75 Å². The molecule has 0 heterocycles. The van der Waals surface area contributed by atoms with Crippen LogP contribution in [-0.2, 0) is 0 Å². The SMILES string of the molecule is NC[C@@H](O)COc1c(F)cc(F)cc1Br.